The molecule has 3 aromatic rings. The van der Waals surface area contributed by atoms with E-state index in [1.165, 1.54) is 11.8 Å². The Labute approximate surface area is 236 Å². The maximum atomic E-state index is 13.4. The van der Waals surface area contributed by atoms with E-state index in [1.807, 2.05) is 24.3 Å². The summed E-state index contributed by atoms with van der Waals surface area (Å²) in [7, 11) is 1.61. The Kier molecular flexibility index (Phi) is 9.62. The van der Waals surface area contributed by atoms with Crippen molar-refractivity contribution in [1.29, 1.82) is 0 Å². The number of halogens is 1. The Balaban J connectivity index is 1.51. The SMILES string of the molecule is CCOC(=O)c1ccc(N=C2S[C@H](CC(=O)Nc3cccc(Cl)c3)C(=O)N2CCc2ccc(OC)cc2)cc1. The first kappa shape index (κ1) is 28.2. The van der Waals surface area contributed by atoms with E-state index in [0.717, 1.165) is 11.3 Å². The van der Waals surface area contributed by atoms with Crippen molar-refractivity contribution in [3.8, 4) is 5.75 Å². The Bertz CT molecular complexity index is 1360. The van der Waals surface area contributed by atoms with E-state index in [9.17, 15) is 14.4 Å². The molecule has 0 spiro atoms. The van der Waals surface area contributed by atoms with Crippen molar-refractivity contribution in [2.24, 2.45) is 4.99 Å². The number of esters is 1. The third-order valence-corrected chi connectivity index (χ3v) is 7.30. The van der Waals surface area contributed by atoms with E-state index in [4.69, 9.17) is 26.1 Å². The van der Waals surface area contributed by atoms with Crippen LogP contribution in [0.15, 0.2) is 77.8 Å². The third kappa shape index (κ3) is 7.61. The normalized spacial score (nSPS) is 15.9. The highest BCUT2D eigenvalue weighted by molar-refractivity contribution is 8.15. The molecule has 4 rings (SSSR count). The van der Waals surface area contributed by atoms with Crippen LogP contribution >= 0.6 is 23.4 Å². The van der Waals surface area contributed by atoms with Gasteiger partial charge >= 0.3 is 5.97 Å². The van der Waals surface area contributed by atoms with E-state index in [-0.39, 0.29) is 24.8 Å². The minimum Gasteiger partial charge on any atom is -0.497 e. The lowest BCUT2D eigenvalue weighted by atomic mass is 10.1. The van der Waals surface area contributed by atoms with Crippen molar-refractivity contribution in [1.82, 2.24) is 4.90 Å². The summed E-state index contributed by atoms with van der Waals surface area (Å²) in [4.78, 5) is 44.5. The molecule has 0 radical (unpaired) electrons. The number of methoxy groups -OCH3 is 1. The van der Waals surface area contributed by atoms with Gasteiger partial charge in [-0.1, -0.05) is 41.6 Å². The molecular formula is C29H28ClN3O5S. The Morgan fingerprint density at radius 2 is 1.82 bits per heavy atom. The maximum Gasteiger partial charge on any atom is 0.338 e. The lowest BCUT2D eigenvalue weighted by molar-refractivity contribution is -0.128. The number of amidine groups is 1. The largest absolute Gasteiger partial charge is 0.497 e. The minimum absolute atomic E-state index is 0.0180. The highest BCUT2D eigenvalue weighted by Crippen LogP contribution is 2.32. The number of carbonyl (C=O) groups is 3. The van der Waals surface area contributed by atoms with Crippen LogP contribution in [0.3, 0.4) is 0 Å². The summed E-state index contributed by atoms with van der Waals surface area (Å²) in [5, 5.41) is 3.18. The molecule has 0 aromatic heterocycles. The molecule has 1 fully saturated rings. The van der Waals surface area contributed by atoms with Crippen LogP contribution in [-0.4, -0.2) is 53.4 Å². The minimum atomic E-state index is -0.627. The van der Waals surface area contributed by atoms with Gasteiger partial charge in [0.05, 0.1) is 25.0 Å². The molecule has 3 aromatic carbocycles. The van der Waals surface area contributed by atoms with Gasteiger partial charge < -0.3 is 14.8 Å². The molecule has 1 atom stereocenters. The van der Waals surface area contributed by atoms with Gasteiger partial charge in [0.15, 0.2) is 5.17 Å². The number of hydrogen-bond acceptors (Lipinski definition) is 7. The second kappa shape index (κ2) is 13.3. The van der Waals surface area contributed by atoms with E-state index in [1.54, 1.807) is 67.5 Å². The van der Waals surface area contributed by atoms with Crippen LogP contribution in [0.25, 0.3) is 0 Å². The van der Waals surface area contributed by atoms with Gasteiger partial charge in [-0.2, -0.15) is 0 Å². The predicted octanol–water partition coefficient (Wildman–Crippen LogP) is 5.73. The summed E-state index contributed by atoms with van der Waals surface area (Å²) in [6, 6.07) is 21.2. The number of carbonyl (C=O) groups excluding carboxylic acids is 3. The second-order valence-corrected chi connectivity index (χ2v) is 10.2. The third-order valence-electron chi connectivity index (χ3n) is 5.89. The maximum absolute atomic E-state index is 13.4. The highest BCUT2D eigenvalue weighted by atomic mass is 35.5. The first-order valence-corrected chi connectivity index (χ1v) is 13.6. The Morgan fingerprint density at radius 3 is 2.49 bits per heavy atom. The van der Waals surface area contributed by atoms with Crippen LogP contribution < -0.4 is 10.1 Å². The van der Waals surface area contributed by atoms with Crippen molar-refractivity contribution in [2.75, 3.05) is 25.6 Å². The van der Waals surface area contributed by atoms with Gasteiger partial charge in [-0.15, -0.1) is 0 Å². The van der Waals surface area contributed by atoms with Gasteiger partial charge in [0.25, 0.3) is 0 Å². The summed E-state index contributed by atoms with van der Waals surface area (Å²) in [6.45, 7) is 2.43. The zero-order valence-electron chi connectivity index (χ0n) is 21.6. The number of benzene rings is 3. The van der Waals surface area contributed by atoms with Gasteiger partial charge in [0.1, 0.15) is 11.0 Å². The number of aliphatic imine (C=N–C) groups is 1. The summed E-state index contributed by atoms with van der Waals surface area (Å²) < 4.78 is 10.3. The Morgan fingerprint density at radius 1 is 1.08 bits per heavy atom. The number of nitrogens with zero attached hydrogens (tertiary/aromatic N) is 2. The monoisotopic (exact) mass is 565 g/mol. The lowest BCUT2D eigenvalue weighted by Gasteiger charge is -2.17. The average Bonchev–Trinajstić information content (AvgIpc) is 3.21. The molecule has 1 aliphatic rings. The molecule has 1 heterocycles. The number of rotatable bonds is 10. The van der Waals surface area contributed by atoms with Crippen molar-refractivity contribution in [3.63, 3.8) is 0 Å². The van der Waals surface area contributed by atoms with Crippen molar-refractivity contribution < 1.29 is 23.9 Å². The zero-order valence-corrected chi connectivity index (χ0v) is 23.1. The molecule has 8 nitrogen and oxygen atoms in total. The first-order chi connectivity index (χ1) is 18.9. The van der Waals surface area contributed by atoms with E-state index in [0.29, 0.717) is 40.1 Å². The number of ether oxygens (including phenoxy) is 2. The fraction of sp³-hybridized carbons (Fsp3) is 0.241. The molecule has 0 unspecified atom stereocenters. The van der Waals surface area contributed by atoms with E-state index >= 15 is 0 Å². The smallest absolute Gasteiger partial charge is 0.338 e. The van der Waals surface area contributed by atoms with Gasteiger partial charge in [0.2, 0.25) is 11.8 Å². The summed E-state index contributed by atoms with van der Waals surface area (Å²) in [5.74, 6) is -0.130. The number of anilines is 1. The van der Waals surface area contributed by atoms with Crippen LogP contribution in [0.2, 0.25) is 5.02 Å². The molecule has 202 valence electrons. The fourth-order valence-electron chi connectivity index (χ4n) is 3.91. The standard InChI is InChI=1S/C29H28ClN3O5S/c1-3-38-28(36)20-9-11-22(12-10-20)32-29-33(16-15-19-7-13-24(37-2)14-8-19)27(35)25(39-29)18-26(34)31-23-6-4-5-21(30)17-23/h4-14,17,25H,3,15-16,18H2,1-2H3,(H,31,34)/t25-/m1/s1. The molecule has 0 bridgehead atoms. The molecule has 0 saturated carbocycles. The average molecular weight is 566 g/mol. The fourth-order valence-corrected chi connectivity index (χ4v) is 5.28. The molecule has 2 amide bonds. The van der Waals surface area contributed by atoms with Crippen molar-refractivity contribution in [3.05, 3.63) is 88.9 Å². The van der Waals surface area contributed by atoms with Crippen molar-refractivity contribution in [2.45, 2.75) is 25.0 Å². The first-order valence-electron chi connectivity index (χ1n) is 12.4. The number of hydrogen-bond donors (Lipinski definition) is 1. The van der Waals surface area contributed by atoms with Crippen molar-refractivity contribution >= 4 is 57.7 Å². The topological polar surface area (TPSA) is 97.3 Å². The molecular weight excluding hydrogens is 538 g/mol. The van der Waals surface area contributed by atoms with E-state index in [2.05, 4.69) is 5.32 Å². The molecule has 0 aliphatic carbocycles. The van der Waals surface area contributed by atoms with Crippen LogP contribution in [-0.2, 0) is 20.7 Å². The lowest BCUT2D eigenvalue weighted by Crippen LogP contribution is -2.35. The van der Waals surface area contributed by atoms with Crippen LogP contribution in [0.5, 0.6) is 5.75 Å². The quantitative estimate of drug-likeness (QED) is 0.315. The molecule has 39 heavy (non-hydrogen) atoms. The number of thioether (sulfide) groups is 1. The highest BCUT2D eigenvalue weighted by Gasteiger charge is 2.39. The Hall–Kier alpha value is -3.82. The van der Waals surface area contributed by atoms with E-state index < -0.39 is 11.2 Å². The summed E-state index contributed by atoms with van der Waals surface area (Å²) >= 11 is 7.27. The molecule has 1 aliphatic heterocycles. The number of nitrogens with one attached hydrogen (secondary N) is 1. The predicted molar refractivity (Wildman–Crippen MR) is 154 cm³/mol. The van der Waals surface area contributed by atoms with Crippen LogP contribution in [0, 0.1) is 0 Å². The molecule has 1 N–H and O–H groups in total. The van der Waals surface area contributed by atoms with Gasteiger partial charge in [0, 0.05) is 23.7 Å². The molecule has 10 heteroatoms. The van der Waals surface area contributed by atoms with Gasteiger partial charge in [-0.05, 0) is 73.5 Å². The number of amides is 2. The van der Waals surface area contributed by atoms with Gasteiger partial charge in [-0.25, -0.2) is 9.79 Å². The molecule has 1 saturated heterocycles. The van der Waals surface area contributed by atoms with Gasteiger partial charge in [-0.3, -0.25) is 14.5 Å². The summed E-state index contributed by atoms with van der Waals surface area (Å²) in [6.07, 6.45) is 0.578. The zero-order chi connectivity index (χ0) is 27.8. The van der Waals surface area contributed by atoms with Crippen LogP contribution in [0.4, 0.5) is 11.4 Å². The van der Waals surface area contributed by atoms with Crippen LogP contribution in [0.1, 0.15) is 29.3 Å². The summed E-state index contributed by atoms with van der Waals surface area (Å²) in [5.41, 5.74) is 2.60. The second-order valence-electron chi connectivity index (χ2n) is 8.62.